The number of ether oxygens (including phenoxy) is 2. The molecule has 2 aliphatic rings. The highest BCUT2D eigenvalue weighted by molar-refractivity contribution is 5.87. The van der Waals surface area contributed by atoms with Crippen LogP contribution in [0.4, 0.5) is 0 Å². The standard InChI is InChI=1S/C19H23NO4/c1-20-14-9-10-15(20)18(19(22)23-2)16(12-14)24-17(21)11-8-13-6-4-3-5-7-13/h3-8,11,14-16,18H,9-10,12H2,1-2H3/t14-,15+,16-,18+/m0/s1. The molecular formula is C19H23NO4. The predicted octanol–water partition coefficient (Wildman–Crippen LogP) is 2.27. The number of fused-ring (bicyclic) bond motifs is 2. The third-order valence-corrected chi connectivity index (χ3v) is 5.17. The Morgan fingerprint density at radius 2 is 1.96 bits per heavy atom. The van der Waals surface area contributed by atoms with E-state index in [0.29, 0.717) is 12.5 Å². The Bertz CT molecular complexity index is 628. The van der Waals surface area contributed by atoms with Crippen LogP contribution in [-0.2, 0) is 19.1 Å². The molecule has 0 saturated carbocycles. The second-order valence-electron chi connectivity index (χ2n) is 6.47. The van der Waals surface area contributed by atoms with E-state index in [1.54, 1.807) is 6.08 Å². The van der Waals surface area contributed by atoms with Gasteiger partial charge in [0.1, 0.15) is 12.0 Å². The lowest BCUT2D eigenvalue weighted by Gasteiger charge is -2.40. The summed E-state index contributed by atoms with van der Waals surface area (Å²) in [6.07, 6.45) is 5.37. The van der Waals surface area contributed by atoms with Crippen molar-refractivity contribution in [2.24, 2.45) is 5.92 Å². The Labute approximate surface area is 142 Å². The van der Waals surface area contributed by atoms with E-state index in [9.17, 15) is 9.59 Å². The molecule has 2 bridgehead atoms. The van der Waals surface area contributed by atoms with E-state index in [1.807, 2.05) is 37.4 Å². The first kappa shape index (κ1) is 16.7. The summed E-state index contributed by atoms with van der Waals surface area (Å²) in [6.45, 7) is 0. The molecule has 0 N–H and O–H groups in total. The second kappa shape index (κ2) is 7.18. The van der Waals surface area contributed by atoms with Gasteiger partial charge >= 0.3 is 11.9 Å². The van der Waals surface area contributed by atoms with Gasteiger partial charge in [-0.1, -0.05) is 30.3 Å². The molecule has 1 aromatic carbocycles. The van der Waals surface area contributed by atoms with Gasteiger partial charge in [-0.25, -0.2) is 4.79 Å². The molecule has 1 aromatic rings. The maximum atomic E-state index is 12.2. The van der Waals surface area contributed by atoms with Gasteiger partial charge in [0.2, 0.25) is 0 Å². The van der Waals surface area contributed by atoms with E-state index in [-0.39, 0.29) is 12.0 Å². The minimum Gasteiger partial charge on any atom is -0.469 e. The molecule has 0 aliphatic carbocycles. The Balaban J connectivity index is 1.69. The first-order chi connectivity index (χ1) is 11.6. The first-order valence-electron chi connectivity index (χ1n) is 8.33. The fourth-order valence-electron chi connectivity index (χ4n) is 3.90. The van der Waals surface area contributed by atoms with Crippen molar-refractivity contribution < 1.29 is 19.1 Å². The van der Waals surface area contributed by atoms with Gasteiger partial charge in [0.25, 0.3) is 0 Å². The SMILES string of the molecule is COC(=O)[C@H]1[C@@H](OC(=O)C=Cc2ccccc2)C[C@@H]2CC[C@H]1N2C. The van der Waals surface area contributed by atoms with Gasteiger partial charge in [-0.2, -0.15) is 0 Å². The number of hydrogen-bond donors (Lipinski definition) is 0. The molecule has 0 amide bonds. The predicted molar refractivity (Wildman–Crippen MR) is 90.1 cm³/mol. The van der Waals surface area contributed by atoms with Crippen LogP contribution >= 0.6 is 0 Å². The van der Waals surface area contributed by atoms with Gasteiger partial charge in [-0.05, 0) is 31.5 Å². The fourth-order valence-corrected chi connectivity index (χ4v) is 3.90. The number of carbonyl (C=O) groups is 2. The molecule has 0 unspecified atom stereocenters. The molecule has 5 nitrogen and oxygen atoms in total. The number of piperidine rings is 1. The van der Waals surface area contributed by atoms with Crippen molar-refractivity contribution in [1.29, 1.82) is 0 Å². The van der Waals surface area contributed by atoms with E-state index >= 15 is 0 Å². The minimum atomic E-state index is -0.418. The Kier molecular flexibility index (Phi) is 5.00. The van der Waals surface area contributed by atoms with E-state index in [4.69, 9.17) is 9.47 Å². The number of hydrogen-bond acceptors (Lipinski definition) is 5. The third kappa shape index (κ3) is 3.36. The zero-order valence-electron chi connectivity index (χ0n) is 14.1. The molecule has 0 aromatic heterocycles. The number of nitrogens with zero attached hydrogens (tertiary/aromatic N) is 1. The number of methoxy groups -OCH3 is 1. The molecule has 2 fully saturated rings. The van der Waals surface area contributed by atoms with Crippen LogP contribution in [0.3, 0.4) is 0 Å². The van der Waals surface area contributed by atoms with Crippen LogP contribution in [0.15, 0.2) is 36.4 Å². The van der Waals surface area contributed by atoms with E-state index in [1.165, 1.54) is 13.2 Å². The third-order valence-electron chi connectivity index (χ3n) is 5.17. The molecule has 2 aliphatic heterocycles. The molecule has 0 spiro atoms. The zero-order chi connectivity index (χ0) is 17.1. The van der Waals surface area contributed by atoms with Gasteiger partial charge in [-0.15, -0.1) is 0 Å². The largest absolute Gasteiger partial charge is 0.469 e. The van der Waals surface area contributed by atoms with Crippen LogP contribution in [-0.4, -0.2) is 49.2 Å². The summed E-state index contributed by atoms with van der Waals surface area (Å²) in [7, 11) is 3.42. The van der Waals surface area contributed by atoms with Crippen molar-refractivity contribution in [3.05, 3.63) is 42.0 Å². The van der Waals surface area contributed by atoms with Gasteiger partial charge in [0.15, 0.2) is 0 Å². The number of rotatable bonds is 4. The summed E-state index contributed by atoms with van der Waals surface area (Å²) < 4.78 is 10.6. The maximum Gasteiger partial charge on any atom is 0.331 e. The summed E-state index contributed by atoms with van der Waals surface area (Å²) in [4.78, 5) is 26.6. The normalized spacial score (nSPS) is 29.6. The van der Waals surface area contributed by atoms with E-state index in [2.05, 4.69) is 4.90 Å². The summed E-state index contributed by atoms with van der Waals surface area (Å²) in [6, 6.07) is 10.0. The molecule has 3 rings (SSSR count). The van der Waals surface area contributed by atoms with Crippen LogP contribution in [0.5, 0.6) is 0 Å². The Hall–Kier alpha value is -2.14. The van der Waals surface area contributed by atoms with Crippen molar-refractivity contribution in [3.8, 4) is 0 Å². The average Bonchev–Trinajstić information content (AvgIpc) is 2.83. The zero-order valence-corrected chi connectivity index (χ0v) is 14.1. The minimum absolute atomic E-state index is 0.0899. The van der Waals surface area contributed by atoms with Crippen molar-refractivity contribution in [2.45, 2.75) is 37.5 Å². The first-order valence-corrected chi connectivity index (χ1v) is 8.33. The highest BCUT2D eigenvalue weighted by Crippen LogP contribution is 2.40. The summed E-state index contributed by atoms with van der Waals surface area (Å²) in [5, 5.41) is 0. The average molecular weight is 329 g/mol. The number of carbonyl (C=O) groups excluding carboxylic acids is 2. The monoisotopic (exact) mass is 329 g/mol. The number of benzene rings is 1. The second-order valence-corrected chi connectivity index (χ2v) is 6.47. The summed E-state index contributed by atoms with van der Waals surface area (Å²) in [5.74, 6) is -1.12. The highest BCUT2D eigenvalue weighted by atomic mass is 16.6. The van der Waals surface area contributed by atoms with E-state index < -0.39 is 18.0 Å². The van der Waals surface area contributed by atoms with Crippen LogP contribution < -0.4 is 0 Å². The molecule has 2 saturated heterocycles. The topological polar surface area (TPSA) is 55.8 Å². The molecule has 5 heteroatoms. The number of esters is 2. The molecule has 4 atom stereocenters. The van der Waals surface area contributed by atoms with Crippen LogP contribution in [0.1, 0.15) is 24.8 Å². The molecular weight excluding hydrogens is 306 g/mol. The van der Waals surface area contributed by atoms with Crippen LogP contribution in [0, 0.1) is 5.92 Å². The van der Waals surface area contributed by atoms with Crippen molar-refractivity contribution in [3.63, 3.8) is 0 Å². The molecule has 24 heavy (non-hydrogen) atoms. The molecule has 2 heterocycles. The van der Waals surface area contributed by atoms with E-state index in [0.717, 1.165) is 18.4 Å². The van der Waals surface area contributed by atoms with Gasteiger partial charge < -0.3 is 9.47 Å². The summed E-state index contributed by atoms with van der Waals surface area (Å²) in [5.41, 5.74) is 0.933. The molecule has 0 radical (unpaired) electrons. The highest BCUT2D eigenvalue weighted by Gasteiger charge is 2.50. The van der Waals surface area contributed by atoms with Crippen LogP contribution in [0.25, 0.3) is 6.08 Å². The maximum absolute atomic E-state index is 12.2. The van der Waals surface area contributed by atoms with Crippen molar-refractivity contribution in [1.82, 2.24) is 4.90 Å². The Morgan fingerprint density at radius 3 is 2.67 bits per heavy atom. The van der Waals surface area contributed by atoms with Gasteiger partial charge in [0.05, 0.1) is 7.11 Å². The van der Waals surface area contributed by atoms with Crippen LogP contribution in [0.2, 0.25) is 0 Å². The lowest BCUT2D eigenvalue weighted by molar-refractivity contribution is -0.165. The van der Waals surface area contributed by atoms with Gasteiger partial charge in [0, 0.05) is 24.6 Å². The molecule has 128 valence electrons. The van der Waals surface area contributed by atoms with Gasteiger partial charge in [-0.3, -0.25) is 9.69 Å². The van der Waals surface area contributed by atoms with Crippen molar-refractivity contribution in [2.75, 3.05) is 14.2 Å². The Morgan fingerprint density at radius 1 is 1.21 bits per heavy atom. The lowest BCUT2D eigenvalue weighted by atomic mass is 9.87. The fraction of sp³-hybridized carbons (Fsp3) is 0.474. The lowest BCUT2D eigenvalue weighted by Crippen LogP contribution is -2.53. The smallest absolute Gasteiger partial charge is 0.331 e. The quantitative estimate of drug-likeness (QED) is 0.626. The van der Waals surface area contributed by atoms with Crippen molar-refractivity contribution >= 4 is 18.0 Å². The summed E-state index contributed by atoms with van der Waals surface area (Å²) >= 11 is 0.